The van der Waals surface area contributed by atoms with Crippen molar-refractivity contribution >= 4 is 5.69 Å². The van der Waals surface area contributed by atoms with Crippen LogP contribution in [-0.4, -0.2) is 36.3 Å². The fourth-order valence-corrected chi connectivity index (χ4v) is 2.36. The zero-order valence-corrected chi connectivity index (χ0v) is 11.4. The lowest BCUT2D eigenvalue weighted by Crippen LogP contribution is -2.42. The summed E-state index contributed by atoms with van der Waals surface area (Å²) in [6.07, 6.45) is 2.63. The number of hydrogen-bond acceptors (Lipinski definition) is 4. The van der Waals surface area contributed by atoms with Crippen molar-refractivity contribution in [1.29, 1.82) is 0 Å². The monoisotopic (exact) mass is 249 g/mol. The molecule has 0 spiro atoms. The lowest BCUT2D eigenvalue weighted by atomic mass is 9.96. The Bertz CT molecular complexity index is 379. The number of aromatic nitrogens is 1. The van der Waals surface area contributed by atoms with Gasteiger partial charge in [0.25, 0.3) is 0 Å². The number of hydrogen-bond donors (Lipinski definition) is 2. The molecule has 2 rings (SSSR count). The van der Waals surface area contributed by atoms with Crippen molar-refractivity contribution < 1.29 is 5.11 Å². The standard InChI is InChI=1S/C14H23N3O/c1-10-9-17(7-6-14(10)18)12-4-5-13(16-8-12)11(2)15-3/h4-5,8,10-11,14-15,18H,6-7,9H2,1-3H3. The topological polar surface area (TPSA) is 48.4 Å². The summed E-state index contributed by atoms with van der Waals surface area (Å²) in [5, 5.41) is 12.9. The summed E-state index contributed by atoms with van der Waals surface area (Å²) in [6.45, 7) is 6.01. The number of aliphatic hydroxyl groups is 1. The molecule has 4 heteroatoms. The average molecular weight is 249 g/mol. The van der Waals surface area contributed by atoms with Crippen molar-refractivity contribution in [3.63, 3.8) is 0 Å². The molecular formula is C14H23N3O. The van der Waals surface area contributed by atoms with Gasteiger partial charge in [-0.2, -0.15) is 0 Å². The molecule has 1 aromatic rings. The first-order chi connectivity index (χ1) is 8.61. The third kappa shape index (κ3) is 2.82. The van der Waals surface area contributed by atoms with Gasteiger partial charge in [0.1, 0.15) is 0 Å². The Balaban J connectivity index is 2.06. The van der Waals surface area contributed by atoms with E-state index in [9.17, 15) is 5.11 Å². The van der Waals surface area contributed by atoms with Gasteiger partial charge in [-0.05, 0) is 38.4 Å². The van der Waals surface area contributed by atoms with E-state index >= 15 is 0 Å². The number of nitrogens with one attached hydrogen (secondary N) is 1. The Hall–Kier alpha value is -1.13. The molecule has 0 radical (unpaired) electrons. The van der Waals surface area contributed by atoms with Crippen molar-refractivity contribution in [2.24, 2.45) is 5.92 Å². The molecule has 0 bridgehead atoms. The molecule has 3 unspecified atom stereocenters. The third-order valence-corrected chi connectivity index (χ3v) is 3.87. The molecule has 100 valence electrons. The molecular weight excluding hydrogens is 226 g/mol. The molecule has 3 atom stereocenters. The lowest BCUT2D eigenvalue weighted by molar-refractivity contribution is 0.0971. The first kappa shape index (κ1) is 13.3. The second-order valence-corrected chi connectivity index (χ2v) is 5.23. The summed E-state index contributed by atoms with van der Waals surface area (Å²) in [5.74, 6) is 0.328. The van der Waals surface area contributed by atoms with Gasteiger partial charge in [-0.3, -0.25) is 4.98 Å². The van der Waals surface area contributed by atoms with Crippen LogP contribution in [-0.2, 0) is 0 Å². The number of piperidine rings is 1. The van der Waals surface area contributed by atoms with Crippen LogP contribution in [0.3, 0.4) is 0 Å². The molecule has 1 fully saturated rings. The van der Waals surface area contributed by atoms with E-state index in [0.717, 1.165) is 30.9 Å². The maximum absolute atomic E-state index is 9.74. The van der Waals surface area contributed by atoms with Crippen LogP contribution in [0.25, 0.3) is 0 Å². The minimum atomic E-state index is -0.155. The molecule has 1 aromatic heterocycles. The summed E-state index contributed by atoms with van der Waals surface area (Å²) in [7, 11) is 1.94. The quantitative estimate of drug-likeness (QED) is 0.853. The Morgan fingerprint density at radius 2 is 2.28 bits per heavy atom. The molecule has 1 aliphatic heterocycles. The lowest BCUT2D eigenvalue weighted by Gasteiger charge is -2.35. The predicted molar refractivity (Wildman–Crippen MR) is 73.7 cm³/mol. The van der Waals surface area contributed by atoms with Gasteiger partial charge in [-0.25, -0.2) is 0 Å². The number of anilines is 1. The van der Waals surface area contributed by atoms with E-state index in [1.807, 2.05) is 13.2 Å². The molecule has 0 aliphatic carbocycles. The SMILES string of the molecule is CNC(C)c1ccc(N2CCC(O)C(C)C2)cn1. The van der Waals surface area contributed by atoms with Gasteiger partial charge in [-0.15, -0.1) is 0 Å². The molecule has 2 heterocycles. The van der Waals surface area contributed by atoms with Crippen LogP contribution < -0.4 is 10.2 Å². The van der Waals surface area contributed by atoms with Gasteiger partial charge in [0, 0.05) is 19.1 Å². The van der Waals surface area contributed by atoms with E-state index in [1.54, 1.807) is 0 Å². The average Bonchev–Trinajstić information content (AvgIpc) is 2.41. The second kappa shape index (κ2) is 5.67. The Kier molecular flexibility index (Phi) is 4.19. The van der Waals surface area contributed by atoms with Gasteiger partial charge >= 0.3 is 0 Å². The van der Waals surface area contributed by atoms with Crippen molar-refractivity contribution in [3.05, 3.63) is 24.0 Å². The largest absolute Gasteiger partial charge is 0.393 e. The van der Waals surface area contributed by atoms with Gasteiger partial charge in [0.2, 0.25) is 0 Å². The van der Waals surface area contributed by atoms with Crippen molar-refractivity contribution in [2.45, 2.75) is 32.4 Å². The molecule has 4 nitrogen and oxygen atoms in total. The van der Waals surface area contributed by atoms with E-state index in [4.69, 9.17) is 0 Å². The third-order valence-electron chi connectivity index (χ3n) is 3.87. The summed E-state index contributed by atoms with van der Waals surface area (Å²) < 4.78 is 0. The van der Waals surface area contributed by atoms with Crippen LogP contribution >= 0.6 is 0 Å². The van der Waals surface area contributed by atoms with Gasteiger partial charge in [-0.1, -0.05) is 6.92 Å². The maximum atomic E-state index is 9.74. The van der Waals surface area contributed by atoms with Crippen molar-refractivity contribution in [1.82, 2.24) is 10.3 Å². The van der Waals surface area contributed by atoms with E-state index in [0.29, 0.717) is 5.92 Å². The van der Waals surface area contributed by atoms with Gasteiger partial charge in [0.15, 0.2) is 0 Å². The van der Waals surface area contributed by atoms with Crippen LogP contribution in [0.15, 0.2) is 18.3 Å². The van der Waals surface area contributed by atoms with Gasteiger partial charge < -0.3 is 15.3 Å². The fourth-order valence-electron chi connectivity index (χ4n) is 2.36. The zero-order valence-electron chi connectivity index (χ0n) is 11.4. The first-order valence-electron chi connectivity index (χ1n) is 6.68. The predicted octanol–water partition coefficient (Wildman–Crippen LogP) is 1.57. The van der Waals surface area contributed by atoms with Crippen LogP contribution in [0.5, 0.6) is 0 Å². The van der Waals surface area contributed by atoms with Gasteiger partial charge in [0.05, 0.1) is 23.7 Å². The number of rotatable bonds is 3. The minimum absolute atomic E-state index is 0.155. The number of pyridine rings is 1. The minimum Gasteiger partial charge on any atom is -0.393 e. The summed E-state index contributed by atoms with van der Waals surface area (Å²) >= 11 is 0. The van der Waals surface area contributed by atoms with Crippen LogP contribution in [0.4, 0.5) is 5.69 Å². The van der Waals surface area contributed by atoms with E-state index in [-0.39, 0.29) is 12.1 Å². The highest BCUT2D eigenvalue weighted by atomic mass is 16.3. The Morgan fingerprint density at radius 1 is 1.50 bits per heavy atom. The van der Waals surface area contributed by atoms with Crippen LogP contribution in [0, 0.1) is 5.92 Å². The number of aliphatic hydroxyl groups excluding tert-OH is 1. The normalized spacial score (nSPS) is 26.1. The van der Waals surface area contributed by atoms with E-state index in [2.05, 4.69) is 41.2 Å². The molecule has 1 aliphatic rings. The molecule has 18 heavy (non-hydrogen) atoms. The highest BCUT2D eigenvalue weighted by molar-refractivity contribution is 5.45. The highest BCUT2D eigenvalue weighted by Crippen LogP contribution is 2.23. The zero-order chi connectivity index (χ0) is 13.1. The summed E-state index contributed by atoms with van der Waals surface area (Å²) in [4.78, 5) is 6.81. The molecule has 0 amide bonds. The second-order valence-electron chi connectivity index (χ2n) is 5.23. The maximum Gasteiger partial charge on any atom is 0.0599 e. The molecule has 0 aromatic carbocycles. The van der Waals surface area contributed by atoms with Crippen LogP contribution in [0.2, 0.25) is 0 Å². The Morgan fingerprint density at radius 3 is 2.83 bits per heavy atom. The summed E-state index contributed by atoms with van der Waals surface area (Å²) in [5.41, 5.74) is 2.21. The Labute approximate surface area is 109 Å². The van der Waals surface area contributed by atoms with Crippen LogP contribution in [0.1, 0.15) is 32.0 Å². The summed E-state index contributed by atoms with van der Waals surface area (Å²) in [6, 6.07) is 4.48. The van der Waals surface area contributed by atoms with Crippen molar-refractivity contribution in [2.75, 3.05) is 25.0 Å². The fraction of sp³-hybridized carbons (Fsp3) is 0.643. The smallest absolute Gasteiger partial charge is 0.0599 e. The van der Waals surface area contributed by atoms with E-state index < -0.39 is 0 Å². The van der Waals surface area contributed by atoms with Crippen molar-refractivity contribution in [3.8, 4) is 0 Å². The number of nitrogens with zero attached hydrogens (tertiary/aromatic N) is 2. The molecule has 0 saturated carbocycles. The molecule has 2 N–H and O–H groups in total. The molecule has 1 saturated heterocycles. The highest BCUT2D eigenvalue weighted by Gasteiger charge is 2.24. The van der Waals surface area contributed by atoms with E-state index in [1.165, 1.54) is 0 Å². The first-order valence-corrected chi connectivity index (χ1v) is 6.68.